The van der Waals surface area contributed by atoms with Crippen LogP contribution in [-0.4, -0.2) is 64.8 Å². The fourth-order valence-electron chi connectivity index (χ4n) is 8.37. The van der Waals surface area contributed by atoms with Gasteiger partial charge in [0.2, 0.25) is 11.8 Å². The third-order valence-corrected chi connectivity index (χ3v) is 10.9. The number of hydrogen-bond acceptors (Lipinski definition) is 6. The molecule has 8 nitrogen and oxygen atoms in total. The van der Waals surface area contributed by atoms with Gasteiger partial charge in [0.05, 0.1) is 0 Å². The Bertz CT molecular complexity index is 1870. The molecule has 0 aromatic heterocycles. The minimum atomic E-state index is -0.601. The maximum Gasteiger partial charge on any atom is 0.255 e. The van der Waals surface area contributed by atoms with Crippen molar-refractivity contribution >= 4 is 23.4 Å². The van der Waals surface area contributed by atoms with E-state index in [1.165, 1.54) is 27.9 Å². The van der Waals surface area contributed by atoms with E-state index in [9.17, 15) is 19.5 Å². The molecular weight excluding hydrogens is 600 g/mol. The number of piperidine rings is 1. The number of benzene rings is 4. The quantitative estimate of drug-likeness (QED) is 0.277. The van der Waals surface area contributed by atoms with Crippen LogP contribution in [0.15, 0.2) is 91.0 Å². The molecule has 3 atom stereocenters. The molecule has 3 heterocycles. The molecule has 0 radical (unpaired) electrons. The summed E-state index contributed by atoms with van der Waals surface area (Å²) < 4.78 is 0. The second-order valence-corrected chi connectivity index (χ2v) is 13.6. The molecule has 2 N–H and O–H groups in total. The van der Waals surface area contributed by atoms with Crippen LogP contribution in [-0.2, 0) is 29.1 Å². The second-order valence-electron chi connectivity index (χ2n) is 13.6. The Morgan fingerprint density at radius 3 is 2.33 bits per heavy atom. The van der Waals surface area contributed by atoms with Crippen molar-refractivity contribution in [3.63, 3.8) is 0 Å². The number of nitrogens with zero attached hydrogens (tertiary/aromatic N) is 3. The smallest absolute Gasteiger partial charge is 0.255 e. The molecule has 1 unspecified atom stereocenters. The van der Waals surface area contributed by atoms with Crippen LogP contribution < -0.4 is 10.2 Å². The van der Waals surface area contributed by atoms with E-state index in [4.69, 9.17) is 0 Å². The van der Waals surface area contributed by atoms with Crippen molar-refractivity contribution < 1.29 is 19.5 Å². The van der Waals surface area contributed by atoms with Crippen LogP contribution in [0.4, 0.5) is 5.69 Å². The summed E-state index contributed by atoms with van der Waals surface area (Å²) in [5, 5.41) is 12.6. The number of carbonyl (C=O) groups is 3. The van der Waals surface area contributed by atoms with Crippen molar-refractivity contribution in [2.24, 2.45) is 0 Å². The lowest BCUT2D eigenvalue weighted by molar-refractivity contribution is -0.136. The highest BCUT2D eigenvalue weighted by molar-refractivity contribution is 6.05. The van der Waals surface area contributed by atoms with Crippen LogP contribution in [0.25, 0.3) is 0 Å². The zero-order valence-corrected chi connectivity index (χ0v) is 27.0. The number of phenols is 1. The molecule has 0 bridgehead atoms. The number of carbonyl (C=O) groups excluding carboxylic acids is 3. The molecule has 48 heavy (non-hydrogen) atoms. The minimum Gasteiger partial charge on any atom is -0.508 e. The summed E-state index contributed by atoms with van der Waals surface area (Å²) in [6.45, 7) is 4.80. The Hall–Kier alpha value is -4.95. The van der Waals surface area contributed by atoms with Crippen molar-refractivity contribution in [3.05, 3.63) is 130 Å². The van der Waals surface area contributed by atoms with Crippen LogP contribution >= 0.6 is 0 Å². The normalized spacial score (nSPS) is 22.8. The Balaban J connectivity index is 0.944. The molecule has 4 aromatic rings. The molecule has 4 aliphatic rings. The number of rotatable bonds is 6. The molecule has 8 rings (SSSR count). The average Bonchev–Trinajstić information content (AvgIpc) is 3.45. The first-order valence-electron chi connectivity index (χ1n) is 17.1. The van der Waals surface area contributed by atoms with E-state index in [-0.39, 0.29) is 30.1 Å². The number of aryl methyl sites for hydroxylation is 1. The van der Waals surface area contributed by atoms with Gasteiger partial charge < -0.3 is 14.9 Å². The third-order valence-electron chi connectivity index (χ3n) is 10.9. The predicted octanol–water partition coefficient (Wildman–Crippen LogP) is 5.34. The summed E-state index contributed by atoms with van der Waals surface area (Å²) in [5.41, 5.74) is 9.23. The molecule has 244 valence electrons. The maximum absolute atomic E-state index is 13.3. The largest absolute Gasteiger partial charge is 0.508 e. The SMILES string of the molecule is O=C1CCC(N2Cc3c(CN4CCN(c5ccc([C@@H]6c7ccc(O)cc7CC[C@@H]6c6ccccc6)cc5)CC4)cccc3C2=O)C(=O)N1. The standard InChI is InChI=1S/C40H40N4O4/c45-31-14-16-33-28(23-31)11-15-32(26-5-2-1-3-6-26)38(33)27-9-12-30(13-10-27)43-21-19-42(20-22-43)24-29-7-4-8-34-35(29)25-44(40(34)48)36-17-18-37(46)41-39(36)47/h1-10,12-14,16,23,32,36,38,45H,11,15,17-22,24-25H2,(H,41,46,47)/t32-,36?,38+/m1/s1. The van der Waals surface area contributed by atoms with E-state index in [1.807, 2.05) is 24.3 Å². The zero-order valence-electron chi connectivity index (χ0n) is 27.0. The van der Waals surface area contributed by atoms with Crippen LogP contribution in [0.2, 0.25) is 0 Å². The number of nitrogens with one attached hydrogen (secondary N) is 1. The van der Waals surface area contributed by atoms with Crippen molar-refractivity contribution in [2.45, 2.75) is 56.7 Å². The van der Waals surface area contributed by atoms with Gasteiger partial charge in [-0.3, -0.25) is 24.6 Å². The summed E-state index contributed by atoms with van der Waals surface area (Å²) in [6, 6.07) is 31.1. The van der Waals surface area contributed by atoms with Gasteiger partial charge in [0, 0.05) is 62.9 Å². The highest BCUT2D eigenvalue weighted by atomic mass is 16.3. The molecule has 8 heteroatoms. The Labute approximate surface area is 281 Å². The summed E-state index contributed by atoms with van der Waals surface area (Å²) in [5.74, 6) is 0.165. The summed E-state index contributed by atoms with van der Waals surface area (Å²) in [4.78, 5) is 44.0. The topological polar surface area (TPSA) is 93.2 Å². The Morgan fingerprint density at radius 2 is 1.56 bits per heavy atom. The van der Waals surface area contributed by atoms with Crippen molar-refractivity contribution in [3.8, 4) is 5.75 Å². The van der Waals surface area contributed by atoms with Gasteiger partial charge in [-0.15, -0.1) is 0 Å². The molecule has 1 aliphatic carbocycles. The van der Waals surface area contributed by atoms with Gasteiger partial charge in [-0.1, -0.05) is 60.7 Å². The lowest BCUT2D eigenvalue weighted by Gasteiger charge is -2.37. The van der Waals surface area contributed by atoms with Crippen LogP contribution in [0.5, 0.6) is 5.75 Å². The number of hydrogen-bond donors (Lipinski definition) is 2. The Kier molecular flexibility index (Phi) is 7.96. The summed E-state index contributed by atoms with van der Waals surface area (Å²) in [6.07, 6.45) is 2.63. The highest BCUT2D eigenvalue weighted by Crippen LogP contribution is 2.47. The zero-order chi connectivity index (χ0) is 32.8. The lowest BCUT2D eigenvalue weighted by atomic mass is 9.69. The number of aromatic hydroxyl groups is 1. The van der Waals surface area contributed by atoms with E-state index >= 15 is 0 Å². The summed E-state index contributed by atoms with van der Waals surface area (Å²) in [7, 11) is 0. The summed E-state index contributed by atoms with van der Waals surface area (Å²) >= 11 is 0. The molecule has 2 fully saturated rings. The van der Waals surface area contributed by atoms with Crippen LogP contribution in [0.3, 0.4) is 0 Å². The predicted molar refractivity (Wildman–Crippen MR) is 184 cm³/mol. The molecule has 0 spiro atoms. The van der Waals surface area contributed by atoms with E-state index in [0.717, 1.165) is 56.7 Å². The maximum atomic E-state index is 13.3. The third kappa shape index (κ3) is 5.64. The number of phenolic OH excluding ortho intramolecular Hbond substituents is 1. The minimum absolute atomic E-state index is 0.125. The molecule has 3 amide bonds. The molecule has 4 aromatic carbocycles. The molecule has 2 saturated heterocycles. The fourth-order valence-corrected chi connectivity index (χ4v) is 8.37. The number of amides is 3. The van der Waals surface area contributed by atoms with Gasteiger partial charge in [0.15, 0.2) is 0 Å². The molecule has 3 aliphatic heterocycles. The molecule has 0 saturated carbocycles. The van der Waals surface area contributed by atoms with Gasteiger partial charge in [-0.05, 0) is 88.9 Å². The van der Waals surface area contributed by atoms with Gasteiger partial charge in [0.1, 0.15) is 11.8 Å². The Morgan fingerprint density at radius 1 is 0.771 bits per heavy atom. The first-order chi connectivity index (χ1) is 23.4. The van der Waals surface area contributed by atoms with Crippen LogP contribution in [0.1, 0.15) is 74.8 Å². The molecular formula is C40H40N4O4. The van der Waals surface area contributed by atoms with Gasteiger partial charge in [-0.25, -0.2) is 0 Å². The van der Waals surface area contributed by atoms with E-state index in [0.29, 0.717) is 30.2 Å². The average molecular weight is 641 g/mol. The number of anilines is 1. The van der Waals surface area contributed by atoms with Crippen molar-refractivity contribution in [2.75, 3.05) is 31.1 Å². The van der Waals surface area contributed by atoms with E-state index in [1.54, 1.807) is 4.90 Å². The first kappa shape index (κ1) is 30.4. The van der Waals surface area contributed by atoms with Crippen molar-refractivity contribution in [1.82, 2.24) is 15.1 Å². The van der Waals surface area contributed by atoms with Gasteiger partial charge in [-0.2, -0.15) is 0 Å². The fraction of sp³-hybridized carbons (Fsp3) is 0.325. The van der Waals surface area contributed by atoms with E-state index in [2.05, 4.69) is 81.8 Å². The van der Waals surface area contributed by atoms with Crippen LogP contribution in [0, 0.1) is 0 Å². The lowest BCUT2D eigenvalue weighted by Crippen LogP contribution is -2.52. The van der Waals surface area contributed by atoms with Gasteiger partial charge in [0.25, 0.3) is 5.91 Å². The number of piperazine rings is 1. The number of imide groups is 1. The van der Waals surface area contributed by atoms with E-state index < -0.39 is 6.04 Å². The van der Waals surface area contributed by atoms with Crippen molar-refractivity contribution in [1.29, 1.82) is 0 Å². The van der Waals surface area contributed by atoms with Gasteiger partial charge >= 0.3 is 0 Å². The number of fused-ring (bicyclic) bond motifs is 2. The monoisotopic (exact) mass is 640 g/mol. The first-order valence-corrected chi connectivity index (χ1v) is 17.1. The highest BCUT2D eigenvalue weighted by Gasteiger charge is 2.40. The second kappa shape index (κ2) is 12.6.